The van der Waals surface area contributed by atoms with Gasteiger partial charge in [-0.05, 0) is 35.9 Å². The molecule has 0 radical (unpaired) electrons. The quantitative estimate of drug-likeness (QED) is 0.800. The van der Waals surface area contributed by atoms with E-state index >= 15 is 0 Å². The maximum atomic E-state index is 12.7. The van der Waals surface area contributed by atoms with Crippen LogP contribution in [0.15, 0.2) is 52.3 Å². The van der Waals surface area contributed by atoms with Crippen LogP contribution in [0, 0.1) is 5.92 Å². The lowest BCUT2D eigenvalue weighted by atomic mass is 10.2. The molecule has 0 bridgehead atoms. The zero-order valence-corrected chi connectivity index (χ0v) is 17.2. The molecule has 0 saturated heterocycles. The molecule has 2 aromatic carbocycles. The van der Waals surface area contributed by atoms with Gasteiger partial charge in [0.15, 0.2) is 0 Å². The molecule has 0 spiro atoms. The van der Waals surface area contributed by atoms with E-state index in [2.05, 4.69) is 10.0 Å². The summed E-state index contributed by atoms with van der Waals surface area (Å²) in [6.07, 6.45) is 0. The van der Waals surface area contributed by atoms with Crippen molar-refractivity contribution >= 4 is 39.1 Å². The van der Waals surface area contributed by atoms with Gasteiger partial charge in [0.25, 0.3) is 0 Å². The number of amides is 1. The molecular weight excluding hydrogens is 382 g/mol. The Labute approximate surface area is 164 Å². The van der Waals surface area contributed by atoms with Crippen LogP contribution < -0.4 is 14.9 Å². The van der Waals surface area contributed by atoms with Crippen molar-refractivity contribution in [2.45, 2.75) is 23.3 Å². The van der Waals surface area contributed by atoms with Gasteiger partial charge in [0.1, 0.15) is 0 Å². The molecule has 144 valence electrons. The molecule has 3 rings (SSSR count). The van der Waals surface area contributed by atoms with Crippen molar-refractivity contribution in [1.29, 1.82) is 0 Å². The SMILES string of the molecule is C[C@H]1CSc2ccc(S(=O)(=O)NCc3ccc(N(C)C)cc3)cc2NC1=O. The zero-order valence-electron chi connectivity index (χ0n) is 15.5. The molecule has 1 aliphatic heterocycles. The Bertz CT molecular complexity index is 941. The number of nitrogens with zero attached hydrogens (tertiary/aromatic N) is 1. The normalized spacial score (nSPS) is 17.0. The van der Waals surface area contributed by atoms with Crippen molar-refractivity contribution in [1.82, 2.24) is 4.72 Å². The summed E-state index contributed by atoms with van der Waals surface area (Å²) in [6, 6.07) is 12.5. The highest BCUT2D eigenvalue weighted by molar-refractivity contribution is 7.99. The first kappa shape index (κ1) is 19.7. The van der Waals surface area contributed by atoms with Crippen LogP contribution in [0.25, 0.3) is 0 Å². The molecule has 1 atom stereocenters. The Morgan fingerprint density at radius 1 is 1.19 bits per heavy atom. The summed E-state index contributed by atoms with van der Waals surface area (Å²) >= 11 is 1.55. The highest BCUT2D eigenvalue weighted by Crippen LogP contribution is 2.34. The van der Waals surface area contributed by atoms with Crippen LogP contribution in [0.3, 0.4) is 0 Å². The number of rotatable bonds is 5. The van der Waals surface area contributed by atoms with E-state index in [4.69, 9.17) is 0 Å². The Morgan fingerprint density at radius 2 is 1.89 bits per heavy atom. The van der Waals surface area contributed by atoms with Crippen LogP contribution in [0.1, 0.15) is 12.5 Å². The largest absolute Gasteiger partial charge is 0.378 e. The van der Waals surface area contributed by atoms with Crippen LogP contribution in [0.2, 0.25) is 0 Å². The van der Waals surface area contributed by atoms with Crippen molar-refractivity contribution in [2.75, 3.05) is 30.1 Å². The second kappa shape index (κ2) is 7.92. The molecule has 6 nitrogen and oxygen atoms in total. The number of fused-ring (bicyclic) bond motifs is 1. The average molecular weight is 406 g/mol. The standard InChI is InChI=1S/C19H23N3O3S2/c1-13-12-26-18-9-8-16(10-17(18)21-19(13)23)27(24,25)20-11-14-4-6-15(7-5-14)22(2)3/h4-10,13,20H,11-12H2,1-3H3,(H,21,23)/t13-/m0/s1. The summed E-state index contributed by atoms with van der Waals surface area (Å²) in [6.45, 7) is 2.06. The number of anilines is 2. The van der Waals surface area contributed by atoms with E-state index in [9.17, 15) is 13.2 Å². The van der Waals surface area contributed by atoms with Crippen LogP contribution in [-0.4, -0.2) is 34.2 Å². The van der Waals surface area contributed by atoms with Crippen LogP contribution in [-0.2, 0) is 21.4 Å². The van der Waals surface area contributed by atoms with E-state index in [0.29, 0.717) is 11.4 Å². The van der Waals surface area contributed by atoms with E-state index in [1.165, 1.54) is 6.07 Å². The van der Waals surface area contributed by atoms with E-state index in [-0.39, 0.29) is 23.3 Å². The monoisotopic (exact) mass is 405 g/mol. The van der Waals surface area contributed by atoms with Gasteiger partial charge in [0.05, 0.1) is 10.6 Å². The Kier molecular flexibility index (Phi) is 5.78. The maximum Gasteiger partial charge on any atom is 0.240 e. The van der Waals surface area contributed by atoms with Crippen molar-refractivity contribution in [3.63, 3.8) is 0 Å². The third kappa shape index (κ3) is 4.63. The Balaban J connectivity index is 1.75. The molecule has 27 heavy (non-hydrogen) atoms. The molecule has 0 fully saturated rings. The molecule has 0 saturated carbocycles. The fraction of sp³-hybridized carbons (Fsp3) is 0.316. The van der Waals surface area contributed by atoms with Gasteiger partial charge in [0, 0.05) is 42.9 Å². The average Bonchev–Trinajstić information content (AvgIpc) is 2.78. The van der Waals surface area contributed by atoms with E-state index < -0.39 is 10.0 Å². The molecule has 2 aromatic rings. The summed E-state index contributed by atoms with van der Waals surface area (Å²) in [5.41, 5.74) is 2.47. The smallest absolute Gasteiger partial charge is 0.240 e. The molecule has 0 unspecified atom stereocenters. The van der Waals surface area contributed by atoms with Crippen LogP contribution in [0.5, 0.6) is 0 Å². The minimum absolute atomic E-state index is 0.0928. The van der Waals surface area contributed by atoms with Gasteiger partial charge in [-0.2, -0.15) is 0 Å². The fourth-order valence-electron chi connectivity index (χ4n) is 2.62. The molecule has 0 aromatic heterocycles. The van der Waals surface area contributed by atoms with Crippen molar-refractivity contribution in [3.8, 4) is 0 Å². The van der Waals surface area contributed by atoms with E-state index in [1.54, 1.807) is 23.9 Å². The van der Waals surface area contributed by atoms with Crippen molar-refractivity contribution in [3.05, 3.63) is 48.0 Å². The highest BCUT2D eigenvalue weighted by Gasteiger charge is 2.22. The summed E-state index contributed by atoms with van der Waals surface area (Å²) in [5, 5.41) is 2.82. The number of sulfonamides is 1. The summed E-state index contributed by atoms with van der Waals surface area (Å²) < 4.78 is 27.9. The minimum Gasteiger partial charge on any atom is -0.378 e. The number of thioether (sulfide) groups is 1. The first-order valence-electron chi connectivity index (χ1n) is 8.60. The molecular formula is C19H23N3O3S2. The predicted octanol–water partition coefficient (Wildman–Crippen LogP) is 2.91. The second-order valence-corrected chi connectivity index (χ2v) is 9.57. The molecule has 1 heterocycles. The molecule has 0 aliphatic carbocycles. The Hall–Kier alpha value is -2.03. The number of benzene rings is 2. The number of hydrogen-bond donors (Lipinski definition) is 2. The molecule has 2 N–H and O–H groups in total. The van der Waals surface area contributed by atoms with Crippen LogP contribution in [0.4, 0.5) is 11.4 Å². The maximum absolute atomic E-state index is 12.7. The molecule has 8 heteroatoms. The third-order valence-electron chi connectivity index (χ3n) is 4.37. The minimum atomic E-state index is -3.68. The van der Waals surface area contributed by atoms with Gasteiger partial charge >= 0.3 is 0 Å². The van der Waals surface area contributed by atoms with Gasteiger partial charge in [-0.15, -0.1) is 11.8 Å². The number of nitrogens with one attached hydrogen (secondary N) is 2. The lowest BCUT2D eigenvalue weighted by Gasteiger charge is -2.13. The first-order valence-corrected chi connectivity index (χ1v) is 11.1. The predicted molar refractivity (Wildman–Crippen MR) is 110 cm³/mol. The number of carbonyl (C=O) groups is 1. The van der Waals surface area contributed by atoms with E-state index in [1.807, 2.05) is 50.2 Å². The van der Waals surface area contributed by atoms with Crippen LogP contribution >= 0.6 is 11.8 Å². The number of carbonyl (C=O) groups excluding carboxylic acids is 1. The third-order valence-corrected chi connectivity index (χ3v) is 7.11. The van der Waals surface area contributed by atoms with Gasteiger partial charge in [-0.1, -0.05) is 19.1 Å². The fourth-order valence-corrected chi connectivity index (χ4v) is 4.67. The van der Waals surface area contributed by atoms with Crippen molar-refractivity contribution < 1.29 is 13.2 Å². The summed E-state index contributed by atoms with van der Waals surface area (Å²) in [5.74, 6) is 0.460. The van der Waals surface area contributed by atoms with Gasteiger partial charge in [-0.25, -0.2) is 13.1 Å². The second-order valence-electron chi connectivity index (χ2n) is 6.74. The number of hydrogen-bond acceptors (Lipinski definition) is 5. The van der Waals surface area contributed by atoms with Gasteiger partial charge in [-0.3, -0.25) is 4.79 Å². The summed E-state index contributed by atoms with van der Waals surface area (Å²) in [7, 11) is 0.222. The molecule has 1 amide bonds. The zero-order chi connectivity index (χ0) is 19.6. The summed E-state index contributed by atoms with van der Waals surface area (Å²) in [4.78, 5) is 15.0. The Morgan fingerprint density at radius 3 is 2.56 bits per heavy atom. The highest BCUT2D eigenvalue weighted by atomic mass is 32.2. The topological polar surface area (TPSA) is 78.5 Å². The van der Waals surface area contributed by atoms with E-state index in [0.717, 1.165) is 16.1 Å². The van der Waals surface area contributed by atoms with Gasteiger partial charge in [0.2, 0.25) is 15.9 Å². The lowest BCUT2D eigenvalue weighted by Crippen LogP contribution is -2.24. The molecule has 1 aliphatic rings. The van der Waals surface area contributed by atoms with Gasteiger partial charge < -0.3 is 10.2 Å². The lowest BCUT2D eigenvalue weighted by molar-refractivity contribution is -0.118. The first-order chi connectivity index (χ1) is 12.8. The van der Waals surface area contributed by atoms with Crippen molar-refractivity contribution in [2.24, 2.45) is 5.92 Å².